The van der Waals surface area contributed by atoms with Gasteiger partial charge in [0.1, 0.15) is 17.5 Å². The Hall–Kier alpha value is -2.38. The number of aryl methyl sites for hydroxylation is 1. The van der Waals surface area contributed by atoms with E-state index in [2.05, 4.69) is 18.9 Å². The first-order valence-corrected chi connectivity index (χ1v) is 11.2. The number of Topliss-reactive ketones (excluding diaryl/α,β-unsaturated/α-hetero) is 1. The largest absolute Gasteiger partial charge is 0.493 e. The molecule has 1 aromatic heterocycles. The molecule has 168 valence electrons. The quantitative estimate of drug-likeness (QED) is 0.484. The van der Waals surface area contributed by atoms with Crippen LogP contribution in [0.4, 0.5) is 0 Å². The summed E-state index contributed by atoms with van der Waals surface area (Å²) in [7, 11) is 0. The molecule has 0 bridgehead atoms. The molecule has 2 aliphatic rings. The lowest BCUT2D eigenvalue weighted by Crippen LogP contribution is -2.28. The highest BCUT2D eigenvalue weighted by Crippen LogP contribution is 2.38. The van der Waals surface area contributed by atoms with Crippen molar-refractivity contribution >= 4 is 5.78 Å². The fourth-order valence-corrected chi connectivity index (χ4v) is 4.13. The lowest BCUT2D eigenvalue weighted by Gasteiger charge is -2.30. The number of fused-ring (bicyclic) bond motifs is 2. The lowest BCUT2D eigenvalue weighted by molar-refractivity contribution is 0.0428. The average Bonchev–Trinajstić information content (AvgIpc) is 3.29. The normalized spacial score (nSPS) is 22.0. The van der Waals surface area contributed by atoms with Crippen molar-refractivity contribution in [2.75, 3.05) is 19.8 Å². The summed E-state index contributed by atoms with van der Waals surface area (Å²) >= 11 is 0. The van der Waals surface area contributed by atoms with E-state index in [4.69, 9.17) is 14.2 Å². The number of carbonyl (C=O) groups excluding carboxylic acids is 1. The zero-order chi connectivity index (χ0) is 22.0. The van der Waals surface area contributed by atoms with Gasteiger partial charge in [-0.25, -0.2) is 4.68 Å². The summed E-state index contributed by atoms with van der Waals surface area (Å²) in [6, 6.07) is 7.46. The molecule has 4 rings (SSSR count). The van der Waals surface area contributed by atoms with Crippen LogP contribution >= 0.6 is 0 Å². The van der Waals surface area contributed by atoms with Crippen molar-refractivity contribution in [3.05, 3.63) is 41.1 Å². The highest BCUT2D eigenvalue weighted by atomic mass is 16.5. The van der Waals surface area contributed by atoms with E-state index in [0.717, 1.165) is 37.2 Å². The number of hydrogen-bond donors (Lipinski definition) is 1. The van der Waals surface area contributed by atoms with Gasteiger partial charge >= 0.3 is 0 Å². The van der Waals surface area contributed by atoms with Crippen LogP contribution in [0.3, 0.4) is 0 Å². The smallest absolute Gasteiger partial charge is 0.212 e. The molecule has 7 nitrogen and oxygen atoms in total. The van der Waals surface area contributed by atoms with Gasteiger partial charge in [0.25, 0.3) is 0 Å². The van der Waals surface area contributed by atoms with Crippen LogP contribution in [0.5, 0.6) is 11.6 Å². The van der Waals surface area contributed by atoms with Crippen LogP contribution in [0.2, 0.25) is 0 Å². The van der Waals surface area contributed by atoms with Crippen molar-refractivity contribution in [2.45, 2.75) is 58.8 Å². The zero-order valence-electron chi connectivity index (χ0n) is 18.5. The predicted octanol–water partition coefficient (Wildman–Crippen LogP) is 3.72. The van der Waals surface area contributed by atoms with Gasteiger partial charge < -0.3 is 19.3 Å². The second-order valence-corrected chi connectivity index (χ2v) is 9.09. The molecule has 0 saturated heterocycles. The monoisotopic (exact) mass is 428 g/mol. The van der Waals surface area contributed by atoms with Crippen molar-refractivity contribution in [1.82, 2.24) is 9.78 Å². The second-order valence-electron chi connectivity index (χ2n) is 9.09. The highest BCUT2D eigenvalue weighted by Gasteiger charge is 2.33. The highest BCUT2D eigenvalue weighted by molar-refractivity contribution is 5.94. The number of carbonyl (C=O) groups is 1. The third-order valence-corrected chi connectivity index (χ3v) is 5.79. The fourth-order valence-electron chi connectivity index (χ4n) is 4.13. The second kappa shape index (κ2) is 9.40. The molecule has 0 radical (unpaired) electrons. The number of ether oxygens (including phenoxy) is 3. The molecule has 0 fully saturated rings. The van der Waals surface area contributed by atoms with Crippen molar-refractivity contribution in [3.8, 4) is 11.6 Å². The van der Waals surface area contributed by atoms with Crippen LogP contribution in [0.25, 0.3) is 0 Å². The summed E-state index contributed by atoms with van der Waals surface area (Å²) in [5.41, 5.74) is 2.19. The minimum atomic E-state index is -0.722. The standard InChI is InChI=1S/C24H32N2O5/c1-15(2)13-29-8-4-5-18-12-26-23(31-18)11-20(25-26)21(27)10-17-14-30-22-7-6-16(3)9-19(22)24(17)28/h6-7,9,11,15,17-18,24,28H,4-5,8,10,12-14H2,1-3H3. The van der Waals surface area contributed by atoms with Gasteiger partial charge in [0.05, 0.1) is 19.3 Å². The van der Waals surface area contributed by atoms with Crippen molar-refractivity contribution in [2.24, 2.45) is 11.8 Å². The summed E-state index contributed by atoms with van der Waals surface area (Å²) in [6.07, 6.45) is 1.37. The maximum Gasteiger partial charge on any atom is 0.212 e. The lowest BCUT2D eigenvalue weighted by atomic mass is 9.88. The van der Waals surface area contributed by atoms with Gasteiger partial charge in [-0.05, 0) is 37.8 Å². The molecular weight excluding hydrogens is 396 g/mol. The number of aromatic nitrogens is 2. The van der Waals surface area contributed by atoms with E-state index in [0.29, 0.717) is 36.4 Å². The number of benzene rings is 1. The van der Waals surface area contributed by atoms with Crippen molar-refractivity contribution < 1.29 is 24.1 Å². The van der Waals surface area contributed by atoms with Crippen LogP contribution < -0.4 is 9.47 Å². The molecule has 31 heavy (non-hydrogen) atoms. The molecule has 3 atom stereocenters. The molecule has 2 aliphatic heterocycles. The Labute approximate surface area is 183 Å². The van der Waals surface area contributed by atoms with Crippen LogP contribution in [0, 0.1) is 18.8 Å². The Balaban J connectivity index is 1.28. The molecule has 0 aliphatic carbocycles. The van der Waals surface area contributed by atoms with Crippen LogP contribution in [-0.2, 0) is 11.3 Å². The molecule has 0 saturated carbocycles. The molecule has 0 amide bonds. The third kappa shape index (κ3) is 5.10. The summed E-state index contributed by atoms with van der Waals surface area (Å²) in [6.45, 7) is 8.73. The zero-order valence-corrected chi connectivity index (χ0v) is 18.5. The Morgan fingerprint density at radius 3 is 2.97 bits per heavy atom. The number of rotatable bonds is 9. The summed E-state index contributed by atoms with van der Waals surface area (Å²) in [5.74, 6) is 1.48. The van der Waals surface area contributed by atoms with E-state index in [1.807, 2.05) is 25.1 Å². The van der Waals surface area contributed by atoms with Gasteiger partial charge in [0.2, 0.25) is 5.88 Å². The Morgan fingerprint density at radius 1 is 1.35 bits per heavy atom. The average molecular weight is 429 g/mol. The molecule has 7 heteroatoms. The van der Waals surface area contributed by atoms with Gasteiger partial charge in [-0.2, -0.15) is 5.10 Å². The number of aliphatic hydroxyl groups is 1. The van der Waals surface area contributed by atoms with Gasteiger partial charge in [-0.1, -0.05) is 25.5 Å². The van der Waals surface area contributed by atoms with Gasteiger partial charge in [0.15, 0.2) is 5.78 Å². The maximum absolute atomic E-state index is 12.8. The topological polar surface area (TPSA) is 82.8 Å². The molecule has 2 aromatic rings. The molecule has 1 N–H and O–H groups in total. The first kappa shape index (κ1) is 21.8. The fraction of sp³-hybridized carbons (Fsp3) is 0.583. The molecule has 0 spiro atoms. The summed E-state index contributed by atoms with van der Waals surface area (Å²) in [5, 5.41) is 15.2. The minimum Gasteiger partial charge on any atom is -0.493 e. The first-order valence-electron chi connectivity index (χ1n) is 11.2. The minimum absolute atomic E-state index is 0.0719. The number of ketones is 1. The van der Waals surface area contributed by atoms with Crippen molar-refractivity contribution in [3.63, 3.8) is 0 Å². The number of hydrogen-bond acceptors (Lipinski definition) is 6. The Kier molecular flexibility index (Phi) is 6.62. The van der Waals surface area contributed by atoms with Crippen LogP contribution in [-0.4, -0.2) is 46.6 Å². The first-order chi connectivity index (χ1) is 14.9. The summed E-state index contributed by atoms with van der Waals surface area (Å²) in [4.78, 5) is 12.8. The van der Waals surface area contributed by atoms with Gasteiger partial charge in [-0.15, -0.1) is 0 Å². The van der Waals surface area contributed by atoms with Crippen LogP contribution in [0.15, 0.2) is 24.3 Å². The number of aliphatic hydroxyl groups excluding tert-OH is 1. The molecule has 3 unspecified atom stereocenters. The SMILES string of the molecule is Cc1ccc2c(c1)C(O)C(CC(=O)c1cc3n(n1)CC(CCCOCC(C)C)O3)CO2. The Morgan fingerprint density at radius 2 is 2.19 bits per heavy atom. The van der Waals surface area contributed by atoms with E-state index >= 15 is 0 Å². The van der Waals surface area contributed by atoms with Gasteiger partial charge in [-0.3, -0.25) is 4.79 Å². The van der Waals surface area contributed by atoms with E-state index in [-0.39, 0.29) is 24.2 Å². The van der Waals surface area contributed by atoms with Crippen LogP contribution in [0.1, 0.15) is 60.8 Å². The molecule has 1 aromatic carbocycles. The molecule has 3 heterocycles. The Bertz CT molecular complexity index is 899. The number of nitrogens with zero attached hydrogens (tertiary/aromatic N) is 2. The van der Waals surface area contributed by atoms with E-state index in [9.17, 15) is 9.90 Å². The van der Waals surface area contributed by atoms with E-state index in [1.165, 1.54) is 0 Å². The summed E-state index contributed by atoms with van der Waals surface area (Å²) < 4.78 is 19.1. The van der Waals surface area contributed by atoms with Crippen molar-refractivity contribution in [1.29, 1.82) is 0 Å². The van der Waals surface area contributed by atoms with E-state index in [1.54, 1.807) is 10.7 Å². The van der Waals surface area contributed by atoms with E-state index < -0.39 is 6.10 Å². The predicted molar refractivity (Wildman–Crippen MR) is 116 cm³/mol. The molecular formula is C24H32N2O5. The third-order valence-electron chi connectivity index (χ3n) is 5.79. The van der Waals surface area contributed by atoms with Gasteiger partial charge in [0, 0.05) is 37.2 Å². The maximum atomic E-state index is 12.8.